The van der Waals surface area contributed by atoms with Gasteiger partial charge in [-0.15, -0.1) is 12.4 Å². The van der Waals surface area contributed by atoms with Crippen LogP contribution in [-0.4, -0.2) is 60.4 Å². The van der Waals surface area contributed by atoms with E-state index in [1.807, 2.05) is 0 Å². The van der Waals surface area contributed by atoms with Crippen molar-refractivity contribution in [1.82, 2.24) is 25.7 Å². The van der Waals surface area contributed by atoms with Gasteiger partial charge in [0, 0.05) is 50.4 Å². The Labute approximate surface area is 171 Å². The molecule has 0 aliphatic carbocycles. The van der Waals surface area contributed by atoms with E-state index in [0.29, 0.717) is 18.8 Å². The molecule has 1 fully saturated rings. The number of hydrogen-bond acceptors (Lipinski definition) is 5. The number of rotatable bonds is 5. The lowest BCUT2D eigenvalue weighted by molar-refractivity contribution is 0.0162. The van der Waals surface area contributed by atoms with Gasteiger partial charge in [-0.3, -0.25) is 14.8 Å². The molecule has 28 heavy (non-hydrogen) atoms. The first-order valence-electron chi connectivity index (χ1n) is 9.66. The molecular weight excluding hydrogens is 378 g/mol. The number of nitrogens with zero attached hydrogens (tertiary/aromatic N) is 2. The third-order valence-electron chi connectivity index (χ3n) is 5.43. The fraction of sp³-hybridized carbons (Fsp3) is 0.500. The molecule has 152 valence electrons. The number of amides is 1. The van der Waals surface area contributed by atoms with Crippen molar-refractivity contribution in [2.24, 2.45) is 0 Å². The fourth-order valence-corrected chi connectivity index (χ4v) is 3.82. The Bertz CT molecular complexity index is 786. The molecule has 1 aromatic heterocycles. The lowest BCUT2D eigenvalue weighted by Crippen LogP contribution is -2.44. The molecule has 0 saturated carbocycles. The van der Waals surface area contributed by atoms with Gasteiger partial charge in [-0.1, -0.05) is 29.8 Å². The molecule has 7 nitrogen and oxygen atoms in total. The number of carbonyl (C=O) groups excluding carboxylic acids is 1. The first-order valence-corrected chi connectivity index (χ1v) is 9.66. The van der Waals surface area contributed by atoms with Gasteiger partial charge < -0.3 is 15.4 Å². The topological polar surface area (TPSA) is 82.3 Å². The lowest BCUT2D eigenvalue weighted by Gasteiger charge is -2.35. The zero-order valence-corrected chi connectivity index (χ0v) is 17.0. The summed E-state index contributed by atoms with van der Waals surface area (Å²) in [5.74, 6) is -0.110. The van der Waals surface area contributed by atoms with Gasteiger partial charge in [0.1, 0.15) is 0 Å². The third kappa shape index (κ3) is 4.55. The van der Waals surface area contributed by atoms with E-state index in [1.165, 1.54) is 11.1 Å². The first kappa shape index (κ1) is 20.8. The van der Waals surface area contributed by atoms with Crippen LogP contribution in [0.4, 0.5) is 0 Å². The summed E-state index contributed by atoms with van der Waals surface area (Å²) < 4.78 is 5.50. The number of fused-ring (bicyclic) bond motifs is 1. The summed E-state index contributed by atoms with van der Waals surface area (Å²) in [4.78, 5) is 15.2. The maximum Gasteiger partial charge on any atom is 0.272 e. The molecule has 2 aliphatic rings. The van der Waals surface area contributed by atoms with Crippen LogP contribution in [-0.2, 0) is 17.7 Å². The van der Waals surface area contributed by atoms with E-state index in [-0.39, 0.29) is 24.4 Å². The summed E-state index contributed by atoms with van der Waals surface area (Å²) in [7, 11) is 0. The van der Waals surface area contributed by atoms with Crippen LogP contribution in [0.3, 0.4) is 0 Å². The Morgan fingerprint density at radius 2 is 2.04 bits per heavy atom. The number of hydrogen-bond donors (Lipinski definition) is 3. The highest BCUT2D eigenvalue weighted by Gasteiger charge is 2.25. The van der Waals surface area contributed by atoms with Crippen LogP contribution in [0.2, 0.25) is 0 Å². The number of aromatic amines is 1. The summed E-state index contributed by atoms with van der Waals surface area (Å²) in [5, 5.41) is 13.7. The average Bonchev–Trinajstić information content (AvgIpc) is 3.14. The Balaban J connectivity index is 0.00000225. The van der Waals surface area contributed by atoms with Crippen LogP contribution >= 0.6 is 12.4 Å². The van der Waals surface area contributed by atoms with E-state index in [0.717, 1.165) is 50.5 Å². The number of benzene rings is 1. The van der Waals surface area contributed by atoms with Crippen molar-refractivity contribution in [2.75, 3.05) is 39.4 Å². The molecule has 1 unspecified atom stereocenters. The molecule has 1 amide bonds. The van der Waals surface area contributed by atoms with Gasteiger partial charge in [0.15, 0.2) is 5.69 Å². The summed E-state index contributed by atoms with van der Waals surface area (Å²) in [6.45, 7) is 7.46. The van der Waals surface area contributed by atoms with Crippen LogP contribution in [0.5, 0.6) is 0 Å². The van der Waals surface area contributed by atoms with Gasteiger partial charge in [0.05, 0.1) is 19.3 Å². The Kier molecular flexibility index (Phi) is 7.07. The van der Waals surface area contributed by atoms with Crippen LogP contribution < -0.4 is 10.6 Å². The van der Waals surface area contributed by atoms with Crippen LogP contribution in [0.1, 0.15) is 38.9 Å². The second-order valence-corrected chi connectivity index (χ2v) is 7.24. The lowest BCUT2D eigenvalue weighted by atomic mass is 10.0. The average molecular weight is 406 g/mol. The van der Waals surface area contributed by atoms with Crippen molar-refractivity contribution in [3.8, 4) is 0 Å². The van der Waals surface area contributed by atoms with Gasteiger partial charge in [-0.2, -0.15) is 5.10 Å². The number of carbonyl (C=O) groups is 1. The van der Waals surface area contributed by atoms with Crippen LogP contribution in [0, 0.1) is 6.92 Å². The number of morpholine rings is 1. The van der Waals surface area contributed by atoms with Crippen molar-refractivity contribution >= 4 is 18.3 Å². The number of aryl methyl sites for hydroxylation is 1. The zero-order valence-electron chi connectivity index (χ0n) is 16.2. The van der Waals surface area contributed by atoms with Crippen molar-refractivity contribution in [1.29, 1.82) is 0 Å². The second kappa shape index (κ2) is 9.52. The molecule has 0 bridgehead atoms. The minimum atomic E-state index is -0.110. The van der Waals surface area contributed by atoms with Crippen LogP contribution in [0.15, 0.2) is 24.3 Å². The molecule has 1 aromatic carbocycles. The van der Waals surface area contributed by atoms with Crippen molar-refractivity contribution in [3.05, 3.63) is 52.3 Å². The van der Waals surface area contributed by atoms with Crippen molar-refractivity contribution < 1.29 is 9.53 Å². The highest BCUT2D eigenvalue weighted by Crippen LogP contribution is 2.22. The summed E-state index contributed by atoms with van der Waals surface area (Å²) in [6.07, 6.45) is 0.884. The quantitative estimate of drug-likeness (QED) is 0.703. The van der Waals surface area contributed by atoms with Gasteiger partial charge in [-0.25, -0.2) is 0 Å². The van der Waals surface area contributed by atoms with Crippen molar-refractivity contribution in [3.63, 3.8) is 0 Å². The van der Waals surface area contributed by atoms with E-state index in [9.17, 15) is 4.79 Å². The number of ether oxygens (including phenoxy) is 1. The van der Waals surface area contributed by atoms with Crippen LogP contribution in [0.25, 0.3) is 0 Å². The molecule has 3 heterocycles. The normalized spacial score (nSPS) is 18.0. The van der Waals surface area contributed by atoms with E-state index in [1.54, 1.807) is 0 Å². The van der Waals surface area contributed by atoms with Gasteiger partial charge in [0.25, 0.3) is 5.91 Å². The largest absolute Gasteiger partial charge is 0.379 e. The second-order valence-electron chi connectivity index (χ2n) is 7.24. The Morgan fingerprint density at radius 3 is 2.79 bits per heavy atom. The summed E-state index contributed by atoms with van der Waals surface area (Å²) in [6, 6.07) is 8.69. The highest BCUT2D eigenvalue weighted by atomic mass is 35.5. The Hall–Kier alpha value is -1.93. The minimum absolute atomic E-state index is 0. The first-order chi connectivity index (χ1) is 13.2. The Morgan fingerprint density at radius 1 is 1.29 bits per heavy atom. The molecule has 4 rings (SSSR count). The number of H-pyrrole nitrogens is 1. The maximum atomic E-state index is 12.8. The highest BCUT2D eigenvalue weighted by molar-refractivity contribution is 5.94. The third-order valence-corrected chi connectivity index (χ3v) is 5.43. The van der Waals surface area contributed by atoms with Gasteiger partial charge in [0.2, 0.25) is 0 Å². The smallest absolute Gasteiger partial charge is 0.272 e. The molecule has 0 spiro atoms. The summed E-state index contributed by atoms with van der Waals surface area (Å²) >= 11 is 0. The van der Waals surface area contributed by atoms with E-state index >= 15 is 0 Å². The predicted octanol–water partition coefficient (Wildman–Crippen LogP) is 1.59. The summed E-state index contributed by atoms with van der Waals surface area (Å²) in [5.41, 5.74) is 5.04. The molecule has 2 aliphatic heterocycles. The molecule has 3 N–H and O–H groups in total. The number of nitrogens with one attached hydrogen (secondary N) is 3. The molecular formula is C20H28ClN5O2. The van der Waals surface area contributed by atoms with E-state index in [2.05, 4.69) is 56.9 Å². The molecule has 0 radical (unpaired) electrons. The van der Waals surface area contributed by atoms with E-state index < -0.39 is 0 Å². The number of halogens is 1. The maximum absolute atomic E-state index is 12.8. The predicted molar refractivity (Wildman–Crippen MR) is 110 cm³/mol. The standard InChI is InChI=1S/C20H27N5O2.ClH/c1-14-2-4-15(5-3-14)18(25-8-10-27-11-9-25)13-22-20(26)19-16-12-21-7-6-17(16)23-24-19;/h2-5,18,21H,6-13H2,1H3,(H,22,26)(H,23,24);1H. The molecule has 8 heteroatoms. The monoisotopic (exact) mass is 405 g/mol. The molecule has 1 saturated heterocycles. The molecule has 1 atom stereocenters. The van der Waals surface area contributed by atoms with Gasteiger partial charge >= 0.3 is 0 Å². The molecule has 2 aromatic rings. The SMILES string of the molecule is Cc1ccc(C(CNC(=O)c2n[nH]c3c2CNCC3)N2CCOCC2)cc1.Cl. The zero-order chi connectivity index (χ0) is 18.6. The van der Waals surface area contributed by atoms with E-state index in [4.69, 9.17) is 4.74 Å². The fourth-order valence-electron chi connectivity index (χ4n) is 3.82. The minimum Gasteiger partial charge on any atom is -0.379 e. The van der Waals surface area contributed by atoms with Crippen molar-refractivity contribution in [2.45, 2.75) is 25.9 Å². The van der Waals surface area contributed by atoms with Gasteiger partial charge in [-0.05, 0) is 12.5 Å². The number of aromatic nitrogens is 2.